The summed E-state index contributed by atoms with van der Waals surface area (Å²) in [6.45, 7) is 1.38. The van der Waals surface area contributed by atoms with Crippen molar-refractivity contribution in [3.63, 3.8) is 0 Å². The summed E-state index contributed by atoms with van der Waals surface area (Å²) in [4.78, 5) is 23.1. The number of halogens is 2. The lowest BCUT2D eigenvalue weighted by atomic mass is 10.2. The third-order valence-electron chi connectivity index (χ3n) is 3.94. The van der Waals surface area contributed by atoms with Crippen molar-refractivity contribution in [3.05, 3.63) is 51.6 Å². The van der Waals surface area contributed by atoms with Crippen LogP contribution in [0.25, 0.3) is 10.2 Å². The highest BCUT2D eigenvalue weighted by molar-refractivity contribution is 14.1. The first-order chi connectivity index (χ1) is 12.5. The topological polar surface area (TPSA) is 36.4 Å². The van der Waals surface area contributed by atoms with Crippen LogP contribution in [0.3, 0.4) is 0 Å². The molecule has 0 saturated carbocycles. The minimum Gasteiger partial charge on any atom is -0.308 e. The monoisotopic (exact) mass is 533 g/mol. The average molecular weight is 534 g/mol. The molecule has 144 valence electrons. The van der Waals surface area contributed by atoms with E-state index in [-0.39, 0.29) is 18.3 Å². The fourth-order valence-electron chi connectivity index (χ4n) is 2.56. The molecule has 3 aromatic rings. The molecular weight excluding hydrogens is 513 g/mol. The maximum atomic E-state index is 13.3. The number of benzene rings is 2. The van der Waals surface area contributed by atoms with E-state index in [4.69, 9.17) is 4.98 Å². The number of carbonyl (C=O) groups is 1. The van der Waals surface area contributed by atoms with Crippen LogP contribution in [0.5, 0.6) is 0 Å². The average Bonchev–Trinajstić information content (AvgIpc) is 3.05. The number of thioether (sulfide) groups is 1. The Kier molecular flexibility index (Phi) is 8.36. The summed E-state index contributed by atoms with van der Waals surface area (Å²) in [6, 6.07) is 13.9. The van der Waals surface area contributed by atoms with Gasteiger partial charge in [0.15, 0.2) is 5.13 Å². The Morgan fingerprint density at radius 2 is 1.89 bits per heavy atom. The number of anilines is 1. The number of amides is 1. The van der Waals surface area contributed by atoms with E-state index in [2.05, 4.69) is 45.9 Å². The zero-order valence-electron chi connectivity index (χ0n) is 15.3. The van der Waals surface area contributed by atoms with Gasteiger partial charge in [0.05, 0.1) is 15.8 Å². The molecule has 0 bridgehead atoms. The molecule has 3 rings (SSSR count). The predicted molar refractivity (Wildman–Crippen MR) is 128 cm³/mol. The van der Waals surface area contributed by atoms with Crippen LogP contribution >= 0.6 is 58.1 Å². The summed E-state index contributed by atoms with van der Waals surface area (Å²) in [5.41, 5.74) is 1.70. The third-order valence-corrected chi connectivity index (χ3v) is 6.70. The minimum absolute atomic E-state index is 0. The number of thiazole rings is 1. The van der Waals surface area contributed by atoms with E-state index in [1.807, 2.05) is 49.3 Å². The van der Waals surface area contributed by atoms with Crippen molar-refractivity contribution in [1.82, 2.24) is 9.88 Å². The molecule has 0 aliphatic heterocycles. The molecule has 0 radical (unpaired) electrons. The van der Waals surface area contributed by atoms with Crippen LogP contribution in [0.1, 0.15) is 10.4 Å². The first kappa shape index (κ1) is 22.4. The second-order valence-corrected chi connectivity index (χ2v) is 9.06. The fourth-order valence-corrected chi connectivity index (χ4v) is 4.82. The number of hydrogen-bond acceptors (Lipinski definition) is 5. The van der Waals surface area contributed by atoms with E-state index in [9.17, 15) is 4.79 Å². The molecule has 1 aromatic heterocycles. The van der Waals surface area contributed by atoms with Crippen LogP contribution in [-0.2, 0) is 0 Å². The SMILES string of the molecule is CSc1cccc2sc(N(CCN(C)C)C(=O)c3ccccc3I)nc12.Cl. The minimum atomic E-state index is 0. The van der Waals surface area contributed by atoms with Gasteiger partial charge in [0, 0.05) is 21.6 Å². The van der Waals surface area contributed by atoms with E-state index >= 15 is 0 Å². The molecule has 1 heterocycles. The van der Waals surface area contributed by atoms with Gasteiger partial charge < -0.3 is 4.90 Å². The summed E-state index contributed by atoms with van der Waals surface area (Å²) in [7, 11) is 4.03. The molecule has 0 fully saturated rings. The zero-order chi connectivity index (χ0) is 18.7. The lowest BCUT2D eigenvalue weighted by Gasteiger charge is -2.22. The van der Waals surface area contributed by atoms with Crippen molar-refractivity contribution >= 4 is 79.4 Å². The van der Waals surface area contributed by atoms with Gasteiger partial charge in [0.1, 0.15) is 0 Å². The molecular formula is C19H21ClIN3OS2. The van der Waals surface area contributed by atoms with Crippen molar-refractivity contribution in [3.8, 4) is 0 Å². The summed E-state index contributed by atoms with van der Waals surface area (Å²) < 4.78 is 2.06. The molecule has 27 heavy (non-hydrogen) atoms. The van der Waals surface area contributed by atoms with E-state index in [0.29, 0.717) is 6.54 Å². The first-order valence-corrected chi connectivity index (χ1v) is 11.3. The molecule has 4 nitrogen and oxygen atoms in total. The molecule has 0 spiro atoms. The fraction of sp³-hybridized carbons (Fsp3) is 0.263. The Balaban J connectivity index is 0.00000261. The zero-order valence-corrected chi connectivity index (χ0v) is 19.9. The quantitative estimate of drug-likeness (QED) is 0.320. The Bertz CT molecular complexity index is 932. The Hall–Kier alpha value is -0.870. The van der Waals surface area contributed by atoms with Gasteiger partial charge in [-0.25, -0.2) is 4.98 Å². The first-order valence-electron chi connectivity index (χ1n) is 8.16. The maximum Gasteiger partial charge on any atom is 0.261 e. The van der Waals surface area contributed by atoms with Crippen molar-refractivity contribution < 1.29 is 4.79 Å². The van der Waals surface area contributed by atoms with Crippen LogP contribution in [0, 0.1) is 3.57 Å². The summed E-state index contributed by atoms with van der Waals surface area (Å²) >= 11 is 5.47. The Labute approximate surface area is 187 Å². The Morgan fingerprint density at radius 1 is 1.15 bits per heavy atom. The van der Waals surface area contributed by atoms with Gasteiger partial charge in [0.2, 0.25) is 0 Å². The van der Waals surface area contributed by atoms with Crippen LogP contribution < -0.4 is 4.90 Å². The molecule has 1 amide bonds. The van der Waals surface area contributed by atoms with Crippen LogP contribution in [0.4, 0.5) is 5.13 Å². The van der Waals surface area contributed by atoms with Crippen molar-refractivity contribution in [2.45, 2.75) is 4.90 Å². The molecule has 0 N–H and O–H groups in total. The highest BCUT2D eigenvalue weighted by Gasteiger charge is 2.23. The van der Waals surface area contributed by atoms with Gasteiger partial charge in [-0.05, 0) is 67.2 Å². The number of fused-ring (bicyclic) bond motifs is 1. The largest absolute Gasteiger partial charge is 0.308 e. The number of rotatable bonds is 6. The van der Waals surface area contributed by atoms with Crippen molar-refractivity contribution in [2.75, 3.05) is 38.3 Å². The highest BCUT2D eigenvalue weighted by atomic mass is 127. The standard InChI is InChI=1S/C19H20IN3OS2.ClH/c1-22(2)11-12-23(18(24)13-7-4-5-8-14(13)20)19-21-17-15(25-3)9-6-10-16(17)26-19;/h4-10H,11-12H2,1-3H3;1H. The van der Waals surface area contributed by atoms with E-state index < -0.39 is 0 Å². The summed E-state index contributed by atoms with van der Waals surface area (Å²) in [5, 5.41) is 0.757. The van der Waals surface area contributed by atoms with Gasteiger partial charge in [-0.3, -0.25) is 9.69 Å². The smallest absolute Gasteiger partial charge is 0.261 e. The number of para-hydroxylation sites is 1. The number of carbonyl (C=O) groups excluding carboxylic acids is 1. The molecule has 0 atom stereocenters. The summed E-state index contributed by atoms with van der Waals surface area (Å²) in [5.74, 6) is 0.00149. The molecule has 0 saturated heterocycles. The van der Waals surface area contributed by atoms with Crippen LogP contribution in [0.2, 0.25) is 0 Å². The van der Waals surface area contributed by atoms with Gasteiger partial charge in [0.25, 0.3) is 5.91 Å². The molecule has 0 aliphatic rings. The lowest BCUT2D eigenvalue weighted by molar-refractivity contribution is 0.0984. The lowest BCUT2D eigenvalue weighted by Crippen LogP contribution is -2.37. The van der Waals surface area contributed by atoms with E-state index in [1.54, 1.807) is 23.1 Å². The highest BCUT2D eigenvalue weighted by Crippen LogP contribution is 2.34. The number of aromatic nitrogens is 1. The van der Waals surface area contributed by atoms with Gasteiger partial charge >= 0.3 is 0 Å². The maximum absolute atomic E-state index is 13.3. The van der Waals surface area contributed by atoms with Crippen molar-refractivity contribution in [1.29, 1.82) is 0 Å². The number of hydrogen-bond donors (Lipinski definition) is 0. The van der Waals surface area contributed by atoms with E-state index in [0.717, 1.165) is 35.9 Å². The summed E-state index contributed by atoms with van der Waals surface area (Å²) in [6.07, 6.45) is 2.05. The van der Waals surface area contributed by atoms with Gasteiger partial charge in [-0.1, -0.05) is 29.5 Å². The second kappa shape index (κ2) is 10.1. The van der Waals surface area contributed by atoms with Gasteiger partial charge in [-0.15, -0.1) is 24.2 Å². The van der Waals surface area contributed by atoms with Crippen LogP contribution in [0.15, 0.2) is 47.4 Å². The van der Waals surface area contributed by atoms with Crippen molar-refractivity contribution in [2.24, 2.45) is 0 Å². The van der Waals surface area contributed by atoms with E-state index in [1.165, 1.54) is 0 Å². The normalized spacial score (nSPS) is 10.9. The van der Waals surface area contributed by atoms with Gasteiger partial charge in [-0.2, -0.15) is 0 Å². The van der Waals surface area contributed by atoms with Crippen LogP contribution in [-0.4, -0.2) is 49.2 Å². The molecule has 2 aromatic carbocycles. The molecule has 0 unspecified atom stereocenters. The number of nitrogens with zero attached hydrogens (tertiary/aromatic N) is 3. The Morgan fingerprint density at radius 3 is 2.56 bits per heavy atom. The molecule has 8 heteroatoms. The number of likely N-dealkylation sites (N-methyl/N-ethyl adjacent to an activating group) is 1. The third kappa shape index (κ3) is 5.14. The predicted octanol–water partition coefficient (Wildman–Crippen LogP) is 5.25. The molecule has 0 aliphatic carbocycles. The second-order valence-electron chi connectivity index (χ2n) is 6.04.